The van der Waals surface area contributed by atoms with Gasteiger partial charge in [0.25, 0.3) is 0 Å². The van der Waals surface area contributed by atoms with E-state index >= 15 is 0 Å². The zero-order chi connectivity index (χ0) is 7.15. The zero-order valence-corrected chi connectivity index (χ0v) is 10.4. The van der Waals surface area contributed by atoms with Crippen molar-refractivity contribution in [3.63, 3.8) is 0 Å². The summed E-state index contributed by atoms with van der Waals surface area (Å²) in [5, 5.41) is 0. The molecule has 0 aromatic heterocycles. The Morgan fingerprint density at radius 3 is 0.600 bits per heavy atom. The first-order valence-corrected chi connectivity index (χ1v) is 2.78. The van der Waals surface area contributed by atoms with E-state index in [9.17, 15) is 0 Å². The Bertz CT molecular complexity index is 27.1. The summed E-state index contributed by atoms with van der Waals surface area (Å²) in [6.07, 6.45) is 0. The summed E-state index contributed by atoms with van der Waals surface area (Å²) in [7, 11) is -5.70. The molecule has 0 amide bonds. The van der Waals surface area contributed by atoms with Crippen molar-refractivity contribution >= 4 is 48.9 Å². The van der Waals surface area contributed by atoms with E-state index in [1.807, 2.05) is 0 Å². The fraction of sp³-hybridized carbons (Fsp3) is 0. The van der Waals surface area contributed by atoms with Gasteiger partial charge in [-0.1, -0.05) is 0 Å². The molecule has 0 rings (SSSR count). The van der Waals surface area contributed by atoms with Crippen molar-refractivity contribution in [1.82, 2.24) is 0 Å². The molecule has 0 unspecified atom stereocenters. The summed E-state index contributed by atoms with van der Waals surface area (Å²) in [4.78, 5) is 0. The number of hydrogen-bond acceptors (Lipinski definition) is 6. The van der Waals surface area contributed by atoms with E-state index in [2.05, 4.69) is 0 Å². The molecule has 0 saturated heterocycles. The molecule has 0 fully saturated rings. The van der Waals surface area contributed by atoms with Gasteiger partial charge in [0.05, 0.1) is 21.6 Å². The first-order chi connectivity index (χ1) is 3.46. The molecule has 0 spiro atoms. The second-order valence-corrected chi connectivity index (χ2v) is 1.13. The standard InChI is InChI=1S/Ba.2ClO3.H2O/c;2*2-1(3)4;/h;;;1H2/q+2;2*-1;. The fourth-order valence-corrected chi connectivity index (χ4v) is 0. The summed E-state index contributed by atoms with van der Waals surface area (Å²) < 4.78 is 50.4. The average Bonchev–Trinajstić information content (AvgIpc) is 1.25. The van der Waals surface area contributed by atoms with E-state index in [0.717, 1.165) is 0 Å². The van der Waals surface area contributed by atoms with Crippen molar-refractivity contribution in [2.45, 2.75) is 0 Å². The number of halogens is 2. The summed E-state index contributed by atoms with van der Waals surface area (Å²) in [6, 6.07) is 0. The Morgan fingerprint density at radius 1 is 0.600 bits per heavy atom. The minimum atomic E-state index is -2.85. The van der Waals surface area contributed by atoms with Crippen LogP contribution in [-0.4, -0.2) is 54.4 Å². The van der Waals surface area contributed by atoms with Crippen LogP contribution in [0.1, 0.15) is 0 Å². The molecule has 0 aliphatic carbocycles. The molecule has 2 N–H and O–H groups in total. The molecule has 10 heavy (non-hydrogen) atoms. The van der Waals surface area contributed by atoms with E-state index in [1.54, 1.807) is 0 Å². The third kappa shape index (κ3) is 222. The van der Waals surface area contributed by atoms with Gasteiger partial charge in [0.15, 0.2) is 0 Å². The Morgan fingerprint density at radius 2 is 0.600 bits per heavy atom. The van der Waals surface area contributed by atoms with Gasteiger partial charge >= 0.3 is 48.9 Å². The summed E-state index contributed by atoms with van der Waals surface area (Å²) >= 11 is 0. The van der Waals surface area contributed by atoms with Crippen LogP contribution in [-0.2, 0) is 0 Å². The van der Waals surface area contributed by atoms with Gasteiger partial charge in [0.1, 0.15) is 0 Å². The van der Waals surface area contributed by atoms with Gasteiger partial charge in [-0.05, 0) is 0 Å². The Labute approximate surface area is 102 Å². The third-order valence-corrected chi connectivity index (χ3v) is 0. The molecule has 0 bridgehead atoms. The SMILES string of the molecule is O.[Ba+2].[O-][Cl+2]([O-])[O-].[O-][Cl+2]([O-])[O-]. The molecular formula is H2BaCl2O7. The smallest absolute Gasteiger partial charge is 0.412 e. The summed E-state index contributed by atoms with van der Waals surface area (Å²) in [5.74, 6) is 0. The van der Waals surface area contributed by atoms with Crippen LogP contribution >= 0.6 is 0 Å². The van der Waals surface area contributed by atoms with Crippen LogP contribution in [0.2, 0.25) is 0 Å². The molecule has 0 atom stereocenters. The van der Waals surface area contributed by atoms with E-state index < -0.39 is 21.6 Å². The van der Waals surface area contributed by atoms with Crippen molar-refractivity contribution in [1.29, 1.82) is 0 Å². The maximum atomic E-state index is 8.41. The van der Waals surface area contributed by atoms with Crippen LogP contribution in [0.15, 0.2) is 0 Å². The maximum Gasteiger partial charge on any atom is 2.00 e. The molecule has 0 aromatic rings. The molecule has 0 aliphatic heterocycles. The molecular weight excluding hydrogens is 320 g/mol. The minimum Gasteiger partial charge on any atom is -0.412 e. The van der Waals surface area contributed by atoms with E-state index in [4.69, 9.17) is 28.0 Å². The minimum absolute atomic E-state index is 0. The van der Waals surface area contributed by atoms with Crippen molar-refractivity contribution in [2.75, 3.05) is 0 Å². The second kappa shape index (κ2) is 17.1. The van der Waals surface area contributed by atoms with Crippen molar-refractivity contribution < 1.29 is 55.0 Å². The third-order valence-electron chi connectivity index (χ3n) is 0. The fourth-order valence-electron chi connectivity index (χ4n) is 0. The molecule has 0 radical (unpaired) electrons. The first kappa shape index (κ1) is 22.6. The topological polar surface area (TPSA) is 170 Å². The van der Waals surface area contributed by atoms with Crippen LogP contribution in [0.3, 0.4) is 0 Å². The van der Waals surface area contributed by atoms with Gasteiger partial charge in [-0.15, -0.1) is 0 Å². The van der Waals surface area contributed by atoms with E-state index in [-0.39, 0.29) is 54.4 Å². The summed E-state index contributed by atoms with van der Waals surface area (Å²) in [6.45, 7) is 0. The molecule has 10 heteroatoms. The van der Waals surface area contributed by atoms with Gasteiger partial charge in [-0.25, -0.2) is 0 Å². The quantitative estimate of drug-likeness (QED) is 0.401. The van der Waals surface area contributed by atoms with Crippen LogP contribution in [0.5, 0.6) is 0 Å². The molecule has 60 valence electrons. The molecule has 7 nitrogen and oxygen atoms in total. The van der Waals surface area contributed by atoms with Crippen molar-refractivity contribution in [3.8, 4) is 0 Å². The van der Waals surface area contributed by atoms with Crippen molar-refractivity contribution in [2.24, 2.45) is 0 Å². The van der Waals surface area contributed by atoms with Crippen LogP contribution in [0, 0.1) is 21.6 Å². The molecule has 0 aromatic carbocycles. The second-order valence-electron chi connectivity index (χ2n) is 0.378. The number of rotatable bonds is 0. The predicted octanol–water partition coefficient (Wildman–Crippen LogP) is -8.34. The van der Waals surface area contributed by atoms with Gasteiger partial charge in [-0.2, -0.15) is 0 Å². The normalized spacial score (nSPS) is 7.20. The molecule has 0 aliphatic rings. The first-order valence-electron chi connectivity index (χ1n) is 0.926. The zero-order valence-electron chi connectivity index (χ0n) is 4.41. The Kier molecular flexibility index (Phi) is 38.7. The predicted molar refractivity (Wildman–Crippen MR) is 9.37 cm³/mol. The van der Waals surface area contributed by atoms with Gasteiger partial charge in [-0.3, -0.25) is 0 Å². The largest absolute Gasteiger partial charge is 2.00 e. The van der Waals surface area contributed by atoms with Crippen molar-refractivity contribution in [3.05, 3.63) is 0 Å². The van der Waals surface area contributed by atoms with E-state index in [0.29, 0.717) is 0 Å². The molecule has 0 heterocycles. The Hall–Kier alpha value is 1.87. The average molecular weight is 322 g/mol. The summed E-state index contributed by atoms with van der Waals surface area (Å²) in [5.41, 5.74) is 0. The van der Waals surface area contributed by atoms with E-state index in [1.165, 1.54) is 0 Å². The maximum absolute atomic E-state index is 8.41. The Balaban J connectivity index is -0.0000000300. The molecule has 0 saturated carbocycles. The van der Waals surface area contributed by atoms with Crippen LogP contribution in [0.25, 0.3) is 0 Å². The monoisotopic (exact) mass is 322 g/mol. The van der Waals surface area contributed by atoms with Gasteiger partial charge < -0.3 is 33.4 Å². The number of hydrogen-bond donors (Lipinski definition) is 0. The van der Waals surface area contributed by atoms with Crippen LogP contribution < -0.4 is 28.0 Å². The van der Waals surface area contributed by atoms with Gasteiger partial charge in [0, 0.05) is 0 Å². The van der Waals surface area contributed by atoms with Gasteiger partial charge in [0.2, 0.25) is 0 Å². The van der Waals surface area contributed by atoms with Crippen LogP contribution in [0.4, 0.5) is 0 Å².